The number of aromatic nitrogens is 2. The molecule has 3 heteroatoms. The Morgan fingerprint density at radius 1 is 0.585 bits per heavy atom. The molecule has 0 unspecified atom stereocenters. The molecule has 1 aliphatic carbocycles. The lowest BCUT2D eigenvalue weighted by atomic mass is 9.82. The van der Waals surface area contributed by atoms with E-state index in [1.54, 1.807) is 0 Å². The van der Waals surface area contributed by atoms with Crippen molar-refractivity contribution in [2.24, 2.45) is 0 Å². The van der Waals surface area contributed by atoms with Crippen LogP contribution in [0.1, 0.15) is 25.0 Å². The van der Waals surface area contributed by atoms with Crippen molar-refractivity contribution < 1.29 is 0 Å². The van der Waals surface area contributed by atoms with Crippen LogP contribution in [0.4, 0.5) is 0 Å². The van der Waals surface area contributed by atoms with Gasteiger partial charge in [-0.05, 0) is 64.2 Å². The number of pyridine rings is 1. The first kappa shape index (κ1) is 23.0. The van der Waals surface area contributed by atoms with E-state index in [2.05, 4.69) is 134 Å². The van der Waals surface area contributed by atoms with Crippen molar-refractivity contribution in [3.8, 4) is 27.9 Å². The zero-order valence-corrected chi connectivity index (χ0v) is 23.7. The molecule has 41 heavy (non-hydrogen) atoms. The van der Waals surface area contributed by atoms with Crippen LogP contribution in [-0.4, -0.2) is 9.55 Å². The van der Waals surface area contributed by atoms with Crippen LogP contribution in [0.3, 0.4) is 0 Å². The van der Waals surface area contributed by atoms with E-state index in [4.69, 9.17) is 4.98 Å². The van der Waals surface area contributed by atoms with Crippen molar-refractivity contribution in [3.05, 3.63) is 133 Å². The third kappa shape index (κ3) is 3.15. The Morgan fingerprint density at radius 2 is 1.37 bits per heavy atom. The van der Waals surface area contributed by atoms with Gasteiger partial charge in [-0.2, -0.15) is 0 Å². The summed E-state index contributed by atoms with van der Waals surface area (Å²) in [6.07, 6.45) is 2.03. The van der Waals surface area contributed by atoms with Gasteiger partial charge >= 0.3 is 0 Å². The Hall–Kier alpha value is -4.73. The van der Waals surface area contributed by atoms with Gasteiger partial charge in [0.1, 0.15) is 0 Å². The summed E-state index contributed by atoms with van der Waals surface area (Å²) in [5, 5.41) is 3.81. The molecule has 0 fully saturated rings. The second-order valence-electron chi connectivity index (χ2n) is 11.7. The zero-order valence-electron chi connectivity index (χ0n) is 22.8. The SMILES string of the molecule is CC1(C)c2ccccc2-c2ccc(-n3c4cc5sc6ccccc6c5cc4c4ncc(-c5ccccc5)cc43)cc21. The molecule has 0 saturated carbocycles. The van der Waals surface area contributed by atoms with Crippen LogP contribution in [0.15, 0.2) is 121 Å². The molecule has 9 rings (SSSR count). The van der Waals surface area contributed by atoms with Gasteiger partial charge in [-0.25, -0.2) is 0 Å². The molecule has 0 spiro atoms. The Balaban J connectivity index is 1.38. The summed E-state index contributed by atoms with van der Waals surface area (Å²) in [6.45, 7) is 4.70. The maximum Gasteiger partial charge on any atom is 0.0964 e. The first-order chi connectivity index (χ1) is 20.1. The average Bonchev–Trinajstić information content (AvgIpc) is 3.61. The largest absolute Gasteiger partial charge is 0.308 e. The Labute approximate surface area is 242 Å². The van der Waals surface area contributed by atoms with Gasteiger partial charge in [-0.15, -0.1) is 11.3 Å². The molecule has 0 saturated heterocycles. The highest BCUT2D eigenvalue weighted by Crippen LogP contribution is 2.49. The number of thiophene rings is 1. The summed E-state index contributed by atoms with van der Waals surface area (Å²) in [7, 11) is 0. The Bertz CT molecular complexity index is 2340. The fourth-order valence-electron chi connectivity index (χ4n) is 6.99. The fourth-order valence-corrected chi connectivity index (χ4v) is 8.12. The summed E-state index contributed by atoms with van der Waals surface area (Å²) < 4.78 is 5.06. The predicted octanol–water partition coefficient (Wildman–Crippen LogP) is 10.5. The molecule has 3 heterocycles. The van der Waals surface area contributed by atoms with E-state index in [-0.39, 0.29) is 5.41 Å². The molecule has 194 valence electrons. The normalized spacial score (nSPS) is 13.8. The molecule has 0 bridgehead atoms. The summed E-state index contributed by atoms with van der Waals surface area (Å²) in [6, 6.07) is 42.2. The van der Waals surface area contributed by atoms with E-state index < -0.39 is 0 Å². The van der Waals surface area contributed by atoms with Crippen LogP contribution < -0.4 is 0 Å². The lowest BCUT2D eigenvalue weighted by Crippen LogP contribution is -2.15. The molecule has 5 aromatic carbocycles. The van der Waals surface area contributed by atoms with Crippen molar-refractivity contribution in [2.75, 3.05) is 0 Å². The maximum atomic E-state index is 5.12. The van der Waals surface area contributed by atoms with Crippen LogP contribution in [0.2, 0.25) is 0 Å². The summed E-state index contributed by atoms with van der Waals surface area (Å²) in [5.41, 5.74) is 12.3. The standard InChI is InChI=1S/C38H26N2S/c1-38(2)31-14-8-6-12-26(31)27-17-16-25(19-32(27)38)40-33-21-36-29(28-13-7-9-15-35(28)41-36)20-30(33)37-34(40)18-24(22-39-37)23-10-4-3-5-11-23/h3-22H,1-2H3. The van der Waals surface area contributed by atoms with Gasteiger partial charge in [-0.1, -0.05) is 92.7 Å². The second-order valence-corrected chi connectivity index (χ2v) is 12.7. The van der Waals surface area contributed by atoms with Gasteiger partial charge < -0.3 is 4.57 Å². The molecule has 0 aliphatic heterocycles. The predicted molar refractivity (Wildman–Crippen MR) is 174 cm³/mol. The smallest absolute Gasteiger partial charge is 0.0964 e. The van der Waals surface area contributed by atoms with Crippen LogP contribution >= 0.6 is 11.3 Å². The lowest BCUT2D eigenvalue weighted by molar-refractivity contribution is 0.660. The number of hydrogen-bond donors (Lipinski definition) is 0. The molecule has 0 amide bonds. The minimum absolute atomic E-state index is 0.0626. The summed E-state index contributed by atoms with van der Waals surface area (Å²) in [5.74, 6) is 0. The highest BCUT2D eigenvalue weighted by Gasteiger charge is 2.35. The van der Waals surface area contributed by atoms with Crippen molar-refractivity contribution in [1.29, 1.82) is 0 Å². The van der Waals surface area contributed by atoms with Crippen LogP contribution in [-0.2, 0) is 5.41 Å². The first-order valence-electron chi connectivity index (χ1n) is 14.1. The van der Waals surface area contributed by atoms with Crippen molar-refractivity contribution in [2.45, 2.75) is 19.3 Å². The number of benzene rings is 5. The molecule has 2 nitrogen and oxygen atoms in total. The van der Waals surface area contributed by atoms with Gasteiger partial charge in [0.2, 0.25) is 0 Å². The van der Waals surface area contributed by atoms with E-state index >= 15 is 0 Å². The highest BCUT2D eigenvalue weighted by molar-refractivity contribution is 7.25. The third-order valence-corrected chi connectivity index (χ3v) is 10.2. The van der Waals surface area contributed by atoms with Gasteiger partial charge in [0.25, 0.3) is 0 Å². The molecule has 8 aromatic rings. The van der Waals surface area contributed by atoms with E-state index in [0.717, 1.165) is 16.6 Å². The monoisotopic (exact) mass is 542 g/mol. The third-order valence-electron chi connectivity index (χ3n) is 9.03. The molecular weight excluding hydrogens is 516 g/mol. The first-order valence-corrected chi connectivity index (χ1v) is 15.0. The number of nitrogens with zero attached hydrogens (tertiary/aromatic N) is 2. The van der Waals surface area contributed by atoms with Crippen LogP contribution in [0.5, 0.6) is 0 Å². The number of rotatable bonds is 2. The van der Waals surface area contributed by atoms with E-state index in [1.807, 2.05) is 17.5 Å². The average molecular weight is 543 g/mol. The molecule has 3 aromatic heterocycles. The number of hydrogen-bond acceptors (Lipinski definition) is 2. The van der Waals surface area contributed by atoms with E-state index in [9.17, 15) is 0 Å². The Morgan fingerprint density at radius 3 is 2.27 bits per heavy atom. The molecule has 0 N–H and O–H groups in total. The fraction of sp³-hybridized carbons (Fsp3) is 0.0789. The molecular formula is C38H26N2S. The van der Waals surface area contributed by atoms with Crippen molar-refractivity contribution in [1.82, 2.24) is 9.55 Å². The van der Waals surface area contributed by atoms with Crippen LogP contribution in [0.25, 0.3) is 70.0 Å². The molecule has 1 aliphatic rings. The van der Waals surface area contributed by atoms with Gasteiger partial charge in [0, 0.05) is 48.4 Å². The number of fused-ring (bicyclic) bond motifs is 9. The van der Waals surface area contributed by atoms with Gasteiger partial charge in [0.15, 0.2) is 0 Å². The lowest BCUT2D eigenvalue weighted by Gasteiger charge is -2.22. The maximum absolute atomic E-state index is 5.12. The van der Waals surface area contributed by atoms with Crippen LogP contribution in [0, 0.1) is 0 Å². The minimum Gasteiger partial charge on any atom is -0.308 e. The van der Waals surface area contributed by atoms with E-state index in [1.165, 1.54) is 64.6 Å². The highest BCUT2D eigenvalue weighted by atomic mass is 32.1. The van der Waals surface area contributed by atoms with Crippen molar-refractivity contribution >= 4 is 53.4 Å². The minimum atomic E-state index is -0.0626. The molecule has 0 atom stereocenters. The van der Waals surface area contributed by atoms with Crippen molar-refractivity contribution in [3.63, 3.8) is 0 Å². The summed E-state index contributed by atoms with van der Waals surface area (Å²) in [4.78, 5) is 5.12. The Kier molecular flexibility index (Phi) is 4.58. The van der Waals surface area contributed by atoms with E-state index in [0.29, 0.717) is 0 Å². The molecule has 0 radical (unpaired) electrons. The van der Waals surface area contributed by atoms with Gasteiger partial charge in [-0.3, -0.25) is 4.98 Å². The zero-order chi connectivity index (χ0) is 27.3. The van der Waals surface area contributed by atoms with Gasteiger partial charge in [0.05, 0.1) is 16.6 Å². The summed E-state index contributed by atoms with van der Waals surface area (Å²) >= 11 is 1.87. The topological polar surface area (TPSA) is 17.8 Å². The second kappa shape index (κ2) is 8.15. The quantitative estimate of drug-likeness (QED) is 0.212.